The lowest BCUT2D eigenvalue weighted by Gasteiger charge is -2.46. The Hall–Kier alpha value is -1.29. The first-order valence-electron chi connectivity index (χ1n) is 5.91. The van der Waals surface area contributed by atoms with Gasteiger partial charge in [0, 0.05) is 11.9 Å². The number of carbonyl (C=O) groups is 1. The quantitative estimate of drug-likeness (QED) is 0.811. The van der Waals surface area contributed by atoms with Gasteiger partial charge >= 0.3 is 5.97 Å². The molecule has 0 saturated carbocycles. The Morgan fingerprint density at radius 2 is 2.24 bits per heavy atom. The lowest BCUT2D eigenvalue weighted by atomic mass is 9.66. The molecule has 1 fully saturated rings. The van der Waals surface area contributed by atoms with E-state index in [0.29, 0.717) is 13.2 Å². The number of esters is 1. The van der Waals surface area contributed by atoms with E-state index in [2.05, 4.69) is 4.98 Å². The second-order valence-corrected chi connectivity index (χ2v) is 4.98. The van der Waals surface area contributed by atoms with Gasteiger partial charge in [0.05, 0.1) is 31.7 Å². The summed E-state index contributed by atoms with van der Waals surface area (Å²) in [4.78, 5) is 15.2. The second kappa shape index (κ2) is 4.53. The van der Waals surface area contributed by atoms with E-state index in [1.165, 1.54) is 7.11 Å². The van der Waals surface area contributed by atoms with Crippen molar-refractivity contribution in [2.45, 2.75) is 19.3 Å². The zero-order chi connectivity index (χ0) is 12.5. The zero-order valence-electron chi connectivity index (χ0n) is 10.5. The van der Waals surface area contributed by atoms with Gasteiger partial charge in [0.25, 0.3) is 0 Å². The molecule has 4 nitrogen and oxygen atoms in total. The second-order valence-electron chi connectivity index (χ2n) is 4.98. The molecule has 0 bridgehead atoms. The van der Waals surface area contributed by atoms with Gasteiger partial charge in [-0.15, -0.1) is 0 Å². The standard InChI is InChI=1S/C13H19NO3/c1-9(2)11(12(15)16-3)13(7-17-8-13)10-5-4-6-14-10/h4-6,9,11,14H,7-8H2,1-3H3. The molecule has 1 saturated heterocycles. The van der Waals surface area contributed by atoms with Crippen LogP contribution in [0.1, 0.15) is 19.5 Å². The minimum Gasteiger partial charge on any atom is -0.469 e. The van der Waals surface area contributed by atoms with E-state index >= 15 is 0 Å². The fourth-order valence-electron chi connectivity index (χ4n) is 2.73. The van der Waals surface area contributed by atoms with Crippen LogP contribution in [0.5, 0.6) is 0 Å². The van der Waals surface area contributed by atoms with Crippen LogP contribution in [-0.4, -0.2) is 31.3 Å². The molecule has 1 aliphatic rings. The van der Waals surface area contributed by atoms with Crippen molar-refractivity contribution in [2.75, 3.05) is 20.3 Å². The van der Waals surface area contributed by atoms with Crippen LogP contribution >= 0.6 is 0 Å². The summed E-state index contributed by atoms with van der Waals surface area (Å²) < 4.78 is 10.3. The van der Waals surface area contributed by atoms with Crippen LogP contribution < -0.4 is 0 Å². The summed E-state index contributed by atoms with van der Waals surface area (Å²) in [6.07, 6.45) is 1.88. The number of aromatic nitrogens is 1. The van der Waals surface area contributed by atoms with E-state index in [4.69, 9.17) is 9.47 Å². The number of carbonyl (C=O) groups excluding carboxylic acids is 1. The average molecular weight is 237 g/mol. The first kappa shape index (κ1) is 12.2. The molecule has 0 aliphatic carbocycles. The Morgan fingerprint density at radius 1 is 1.53 bits per heavy atom. The van der Waals surface area contributed by atoms with Crippen molar-refractivity contribution in [3.05, 3.63) is 24.0 Å². The Labute approximate surface area is 101 Å². The molecule has 0 spiro atoms. The number of aromatic amines is 1. The predicted molar refractivity (Wildman–Crippen MR) is 63.6 cm³/mol. The Kier molecular flexibility index (Phi) is 3.24. The maximum Gasteiger partial charge on any atom is 0.310 e. The van der Waals surface area contributed by atoms with Crippen molar-refractivity contribution in [3.63, 3.8) is 0 Å². The summed E-state index contributed by atoms with van der Waals surface area (Å²) in [5.41, 5.74) is 0.818. The summed E-state index contributed by atoms with van der Waals surface area (Å²) in [7, 11) is 1.44. The van der Waals surface area contributed by atoms with Gasteiger partial charge in [-0.1, -0.05) is 13.8 Å². The number of H-pyrrole nitrogens is 1. The van der Waals surface area contributed by atoms with Crippen molar-refractivity contribution < 1.29 is 14.3 Å². The monoisotopic (exact) mass is 237 g/mol. The van der Waals surface area contributed by atoms with Gasteiger partial charge in [-0.05, 0) is 18.1 Å². The minimum absolute atomic E-state index is 0.155. The van der Waals surface area contributed by atoms with Crippen LogP contribution in [0.3, 0.4) is 0 Å². The first-order valence-corrected chi connectivity index (χ1v) is 5.91. The molecular formula is C13H19NO3. The highest BCUT2D eigenvalue weighted by atomic mass is 16.5. The summed E-state index contributed by atoms with van der Waals surface area (Å²) >= 11 is 0. The van der Waals surface area contributed by atoms with E-state index in [-0.39, 0.29) is 23.2 Å². The normalized spacial score (nSPS) is 19.8. The molecule has 0 aromatic carbocycles. The lowest BCUT2D eigenvalue weighted by molar-refractivity contribution is -0.165. The first-order chi connectivity index (χ1) is 8.12. The van der Waals surface area contributed by atoms with E-state index in [9.17, 15) is 4.79 Å². The number of ether oxygens (including phenoxy) is 2. The molecule has 1 aliphatic heterocycles. The third-order valence-corrected chi connectivity index (χ3v) is 3.57. The Bertz CT molecular complexity index is 379. The van der Waals surface area contributed by atoms with Crippen LogP contribution in [0.2, 0.25) is 0 Å². The fraction of sp³-hybridized carbons (Fsp3) is 0.615. The maximum atomic E-state index is 12.0. The predicted octanol–water partition coefficient (Wildman–Crippen LogP) is 1.73. The molecule has 1 aromatic rings. The van der Waals surface area contributed by atoms with Gasteiger partial charge < -0.3 is 14.5 Å². The van der Waals surface area contributed by atoms with Gasteiger partial charge in [-0.3, -0.25) is 4.79 Å². The Morgan fingerprint density at radius 3 is 2.59 bits per heavy atom. The number of rotatable bonds is 4. The van der Waals surface area contributed by atoms with Crippen LogP contribution in [0, 0.1) is 11.8 Å². The van der Waals surface area contributed by atoms with E-state index in [1.807, 2.05) is 32.2 Å². The van der Waals surface area contributed by atoms with Crippen molar-refractivity contribution in [1.29, 1.82) is 0 Å². The van der Waals surface area contributed by atoms with Crippen molar-refractivity contribution in [2.24, 2.45) is 11.8 Å². The fourth-order valence-corrected chi connectivity index (χ4v) is 2.73. The SMILES string of the molecule is COC(=O)C(C(C)C)C1(c2ccc[nH]2)COC1. The molecule has 1 unspecified atom stereocenters. The summed E-state index contributed by atoms with van der Waals surface area (Å²) in [6, 6.07) is 3.96. The van der Waals surface area contributed by atoms with E-state index in [1.54, 1.807) is 0 Å². The number of nitrogens with one attached hydrogen (secondary N) is 1. The third-order valence-electron chi connectivity index (χ3n) is 3.57. The van der Waals surface area contributed by atoms with Crippen molar-refractivity contribution >= 4 is 5.97 Å². The third kappa shape index (κ3) is 1.86. The van der Waals surface area contributed by atoms with Crippen LogP contribution in [0.25, 0.3) is 0 Å². The molecule has 2 heterocycles. The molecule has 2 rings (SSSR count). The highest BCUT2D eigenvalue weighted by molar-refractivity contribution is 5.75. The van der Waals surface area contributed by atoms with Crippen LogP contribution in [0.15, 0.2) is 18.3 Å². The number of hydrogen-bond acceptors (Lipinski definition) is 3. The van der Waals surface area contributed by atoms with Gasteiger partial charge in [0.15, 0.2) is 0 Å². The summed E-state index contributed by atoms with van der Waals surface area (Å²) in [5.74, 6) is -0.104. The molecular weight excluding hydrogens is 218 g/mol. The molecule has 1 aromatic heterocycles. The summed E-state index contributed by atoms with van der Waals surface area (Å²) in [5, 5.41) is 0. The van der Waals surface area contributed by atoms with Gasteiger partial charge in [-0.2, -0.15) is 0 Å². The van der Waals surface area contributed by atoms with Crippen LogP contribution in [-0.2, 0) is 19.7 Å². The van der Waals surface area contributed by atoms with Crippen molar-refractivity contribution in [1.82, 2.24) is 4.98 Å². The van der Waals surface area contributed by atoms with Gasteiger partial charge in [-0.25, -0.2) is 0 Å². The molecule has 1 atom stereocenters. The number of hydrogen-bond donors (Lipinski definition) is 1. The Balaban J connectivity index is 2.36. The zero-order valence-corrected chi connectivity index (χ0v) is 10.5. The lowest BCUT2D eigenvalue weighted by Crippen LogP contribution is -2.57. The van der Waals surface area contributed by atoms with Gasteiger partial charge in [0.2, 0.25) is 0 Å². The number of methoxy groups -OCH3 is 1. The van der Waals surface area contributed by atoms with E-state index in [0.717, 1.165) is 5.69 Å². The summed E-state index contributed by atoms with van der Waals surface area (Å²) in [6.45, 7) is 5.24. The molecule has 0 amide bonds. The smallest absolute Gasteiger partial charge is 0.310 e. The van der Waals surface area contributed by atoms with E-state index < -0.39 is 0 Å². The molecule has 1 N–H and O–H groups in total. The largest absolute Gasteiger partial charge is 0.469 e. The minimum atomic E-state index is -0.245. The van der Waals surface area contributed by atoms with Crippen molar-refractivity contribution in [3.8, 4) is 0 Å². The average Bonchev–Trinajstić information content (AvgIpc) is 2.75. The topological polar surface area (TPSA) is 51.3 Å². The molecule has 4 heteroatoms. The van der Waals surface area contributed by atoms with Crippen LogP contribution in [0.4, 0.5) is 0 Å². The highest BCUT2D eigenvalue weighted by Gasteiger charge is 2.52. The molecule has 94 valence electrons. The maximum absolute atomic E-state index is 12.0. The molecule has 0 radical (unpaired) electrons. The van der Waals surface area contributed by atoms with Gasteiger partial charge in [0.1, 0.15) is 0 Å². The highest BCUT2D eigenvalue weighted by Crippen LogP contribution is 2.42. The molecule has 17 heavy (non-hydrogen) atoms.